The second kappa shape index (κ2) is 9.79. The lowest BCUT2D eigenvalue weighted by molar-refractivity contribution is -0.155. The van der Waals surface area contributed by atoms with Crippen LogP contribution in [0.4, 0.5) is 5.13 Å². The number of anilines is 1. The van der Waals surface area contributed by atoms with Gasteiger partial charge in [-0.1, -0.05) is 11.2 Å². The molecule has 3 aromatic heterocycles. The van der Waals surface area contributed by atoms with Crippen molar-refractivity contribution in [1.82, 2.24) is 24.6 Å². The summed E-state index contributed by atoms with van der Waals surface area (Å²) in [6.45, 7) is 3.92. The van der Waals surface area contributed by atoms with Crippen molar-refractivity contribution in [2.24, 2.45) is 10.6 Å². The number of oxime groups is 1. The molecule has 194 valence electrons. The summed E-state index contributed by atoms with van der Waals surface area (Å²) in [5.74, 6) is -1.74. The molecule has 37 heavy (non-hydrogen) atoms. The number of rotatable bonds is 8. The summed E-state index contributed by atoms with van der Waals surface area (Å²) < 4.78 is 1.94. The molecule has 0 spiro atoms. The number of fused-ring (bicyclic) bond motifs is 2. The number of thioether (sulfide) groups is 1. The Bertz CT molecular complexity index is 1440. The fourth-order valence-corrected chi connectivity index (χ4v) is 7.21. The largest absolute Gasteiger partial charge is 0.481 e. The highest BCUT2D eigenvalue weighted by atomic mass is 32.2. The molecular formula is C22H23N7O5S3. The predicted octanol–water partition coefficient (Wildman–Crippen LogP) is 1.67. The number of thiazole rings is 2. The molecule has 2 amide bonds. The Balaban J connectivity index is 1.30. The lowest BCUT2D eigenvalue weighted by Crippen LogP contribution is -2.73. The minimum Gasteiger partial charge on any atom is -0.481 e. The van der Waals surface area contributed by atoms with E-state index in [1.807, 2.05) is 17.4 Å². The third-order valence-electron chi connectivity index (χ3n) is 6.17. The van der Waals surface area contributed by atoms with Crippen LogP contribution in [0, 0.1) is 12.3 Å². The smallest absolute Gasteiger partial charge is 0.316 e. The average Bonchev–Trinajstić information content (AvgIpc) is 3.59. The number of aromatic nitrogens is 3. The van der Waals surface area contributed by atoms with E-state index in [1.54, 1.807) is 30.9 Å². The van der Waals surface area contributed by atoms with Gasteiger partial charge in [0.25, 0.3) is 5.91 Å². The van der Waals surface area contributed by atoms with E-state index in [2.05, 4.69) is 20.4 Å². The molecule has 2 fully saturated rings. The number of nitrogen functional groups attached to an aromatic ring is 1. The number of amides is 2. The number of carbonyl (C=O) groups excluding carboxylic acids is 2. The van der Waals surface area contributed by atoms with Crippen LogP contribution in [0.2, 0.25) is 0 Å². The Morgan fingerprint density at radius 3 is 2.95 bits per heavy atom. The van der Waals surface area contributed by atoms with E-state index in [-0.39, 0.29) is 46.7 Å². The molecule has 2 saturated heterocycles. The monoisotopic (exact) mass is 561 g/mol. The molecule has 0 saturated carbocycles. The molecule has 12 nitrogen and oxygen atoms in total. The van der Waals surface area contributed by atoms with E-state index in [0.717, 1.165) is 26.7 Å². The number of nitrogens with two attached hydrogens (primary N) is 1. The van der Waals surface area contributed by atoms with Crippen LogP contribution in [0.1, 0.15) is 23.2 Å². The molecule has 2 aliphatic rings. The molecule has 15 heteroatoms. The highest BCUT2D eigenvalue weighted by Crippen LogP contribution is 2.43. The second-order valence-electron chi connectivity index (χ2n) is 8.50. The van der Waals surface area contributed by atoms with Crippen molar-refractivity contribution in [1.29, 1.82) is 0 Å². The van der Waals surface area contributed by atoms with Gasteiger partial charge in [0.05, 0.1) is 6.20 Å². The standard InChI is InChI=1S/C22H23N7O5S3/c1-3-34-27-15(12-7-35-21(23)25-12)17(30)26-16-18(31)28-8-22(20(32)33,9-36-19(16)28)5-4-13-11(2)29-10-24-6-14(29)37-13/h4-7,10,16,19H,3,8-9H2,1-2H3,(H2,23,25)(H,26,30)(H,32,33)/t16-,19-,22?/m1/s1. The van der Waals surface area contributed by atoms with E-state index in [4.69, 9.17) is 10.6 Å². The SMILES string of the molecule is CCON=C(C(=O)N[C@@H]1C(=O)N2CC(C=Cc3sc4cncn4c3C)(C(=O)O)CS[C@H]12)c1csc(N)n1. The van der Waals surface area contributed by atoms with E-state index >= 15 is 0 Å². The molecule has 2 aliphatic heterocycles. The van der Waals surface area contributed by atoms with Crippen LogP contribution in [0.5, 0.6) is 0 Å². The lowest BCUT2D eigenvalue weighted by atomic mass is 9.86. The zero-order chi connectivity index (χ0) is 26.3. The van der Waals surface area contributed by atoms with Gasteiger partial charge in [-0.15, -0.1) is 34.4 Å². The van der Waals surface area contributed by atoms with Gasteiger partial charge in [-0.05, 0) is 19.9 Å². The van der Waals surface area contributed by atoms with Crippen molar-refractivity contribution in [2.75, 3.05) is 24.6 Å². The maximum Gasteiger partial charge on any atom is 0.316 e. The minimum atomic E-state index is -1.26. The quantitative estimate of drug-likeness (QED) is 0.211. The number of hydrogen-bond acceptors (Lipinski definition) is 11. The van der Waals surface area contributed by atoms with Gasteiger partial charge in [0.15, 0.2) is 10.8 Å². The number of imidazole rings is 1. The average molecular weight is 562 g/mol. The molecule has 0 aromatic carbocycles. The molecular weight excluding hydrogens is 538 g/mol. The van der Waals surface area contributed by atoms with Gasteiger partial charge in [0.2, 0.25) is 5.91 Å². The first-order valence-electron chi connectivity index (χ1n) is 11.2. The van der Waals surface area contributed by atoms with Gasteiger partial charge in [0, 0.05) is 28.2 Å². The lowest BCUT2D eigenvalue weighted by Gasteiger charge is -2.53. The van der Waals surface area contributed by atoms with Crippen LogP contribution in [0.25, 0.3) is 10.9 Å². The zero-order valence-electron chi connectivity index (χ0n) is 19.8. The van der Waals surface area contributed by atoms with Crippen molar-refractivity contribution in [3.05, 3.63) is 40.2 Å². The van der Waals surface area contributed by atoms with Crippen LogP contribution < -0.4 is 11.1 Å². The molecule has 4 N–H and O–H groups in total. The summed E-state index contributed by atoms with van der Waals surface area (Å²) in [6.07, 6.45) is 6.95. The van der Waals surface area contributed by atoms with Gasteiger partial charge in [-0.3, -0.25) is 18.8 Å². The van der Waals surface area contributed by atoms with Gasteiger partial charge in [-0.2, -0.15) is 0 Å². The molecule has 0 bridgehead atoms. The number of hydrogen-bond donors (Lipinski definition) is 3. The first-order chi connectivity index (χ1) is 17.7. The third kappa shape index (κ3) is 4.46. The number of aliphatic carboxylic acids is 1. The number of β-lactam (4-membered cyclic amide) rings is 1. The number of carboxylic acid groups (broad SMARTS) is 1. The van der Waals surface area contributed by atoms with Gasteiger partial charge >= 0.3 is 5.97 Å². The second-order valence-corrected chi connectivity index (χ2v) is 11.6. The van der Waals surface area contributed by atoms with E-state index < -0.39 is 23.3 Å². The summed E-state index contributed by atoms with van der Waals surface area (Å²) in [5, 5.41) is 18.1. The van der Waals surface area contributed by atoms with Crippen LogP contribution in [-0.2, 0) is 19.2 Å². The molecule has 0 aliphatic carbocycles. The Morgan fingerprint density at radius 2 is 2.27 bits per heavy atom. The molecule has 5 rings (SSSR count). The van der Waals surface area contributed by atoms with Crippen LogP contribution in [0.3, 0.4) is 0 Å². The van der Waals surface area contributed by atoms with Crippen molar-refractivity contribution >= 4 is 74.0 Å². The fraction of sp³-hybridized carbons (Fsp3) is 0.364. The van der Waals surface area contributed by atoms with E-state index in [1.165, 1.54) is 28.0 Å². The molecule has 3 atom stereocenters. The topological polar surface area (TPSA) is 165 Å². The minimum absolute atomic E-state index is 0.00901. The van der Waals surface area contributed by atoms with E-state index in [0.29, 0.717) is 0 Å². The predicted molar refractivity (Wildman–Crippen MR) is 141 cm³/mol. The van der Waals surface area contributed by atoms with Crippen molar-refractivity contribution in [3.63, 3.8) is 0 Å². The number of nitrogens with zero attached hydrogens (tertiary/aromatic N) is 5. The summed E-state index contributed by atoms with van der Waals surface area (Å²) in [6, 6.07) is -0.815. The number of aryl methyl sites for hydroxylation is 1. The summed E-state index contributed by atoms with van der Waals surface area (Å²) in [4.78, 5) is 55.0. The molecule has 3 aromatic rings. The molecule has 5 heterocycles. The van der Waals surface area contributed by atoms with Crippen molar-refractivity contribution < 1.29 is 24.3 Å². The van der Waals surface area contributed by atoms with Crippen LogP contribution in [-0.4, -0.2) is 78.2 Å². The number of carboxylic acids is 1. The fourth-order valence-electron chi connectivity index (χ4n) is 4.14. The van der Waals surface area contributed by atoms with Crippen molar-refractivity contribution in [3.8, 4) is 0 Å². The summed E-state index contributed by atoms with van der Waals surface area (Å²) in [5.41, 5.74) is 5.56. The Labute approximate surface area is 223 Å². The number of carbonyl (C=O) groups is 3. The first kappa shape index (κ1) is 25.2. The Morgan fingerprint density at radius 1 is 1.46 bits per heavy atom. The Hall–Kier alpha value is -3.43. The van der Waals surface area contributed by atoms with Gasteiger partial charge < -0.3 is 25.9 Å². The normalized spacial score (nSPS) is 23.8. The van der Waals surface area contributed by atoms with Crippen LogP contribution in [0.15, 0.2) is 29.1 Å². The summed E-state index contributed by atoms with van der Waals surface area (Å²) >= 11 is 3.99. The third-order valence-corrected chi connectivity index (χ3v) is 9.56. The van der Waals surface area contributed by atoms with Gasteiger partial charge in [-0.25, -0.2) is 9.97 Å². The van der Waals surface area contributed by atoms with Crippen LogP contribution >= 0.6 is 34.4 Å². The maximum atomic E-state index is 13.0. The van der Waals surface area contributed by atoms with Crippen molar-refractivity contribution in [2.45, 2.75) is 25.3 Å². The first-order valence-corrected chi connectivity index (χ1v) is 14.0. The highest BCUT2D eigenvalue weighted by Gasteiger charge is 2.57. The Kier molecular flexibility index (Phi) is 6.68. The number of nitrogens with one attached hydrogen (secondary N) is 1. The molecule has 0 radical (unpaired) electrons. The zero-order valence-corrected chi connectivity index (χ0v) is 22.2. The summed E-state index contributed by atoms with van der Waals surface area (Å²) in [7, 11) is 0. The van der Waals surface area contributed by atoms with E-state index in [9.17, 15) is 19.5 Å². The molecule has 1 unspecified atom stereocenters. The highest BCUT2D eigenvalue weighted by molar-refractivity contribution is 8.00. The van der Waals surface area contributed by atoms with Gasteiger partial charge in [0.1, 0.15) is 40.3 Å². The maximum absolute atomic E-state index is 13.0.